The summed E-state index contributed by atoms with van der Waals surface area (Å²) in [6.07, 6.45) is 2.65. The number of rotatable bonds is 6. The zero-order valence-corrected chi connectivity index (χ0v) is 15.2. The van der Waals surface area contributed by atoms with Crippen molar-refractivity contribution in [1.29, 1.82) is 0 Å². The molecule has 0 aliphatic carbocycles. The van der Waals surface area contributed by atoms with Gasteiger partial charge in [0, 0.05) is 50.7 Å². The number of nitrogens with zero attached hydrogens (tertiary/aromatic N) is 2. The molecule has 3 rings (SSSR count). The lowest BCUT2D eigenvalue weighted by atomic mass is 9.83. The first-order valence-corrected chi connectivity index (χ1v) is 9.09. The summed E-state index contributed by atoms with van der Waals surface area (Å²) in [5, 5.41) is 0. The van der Waals surface area contributed by atoms with Gasteiger partial charge in [0.1, 0.15) is 11.5 Å². The summed E-state index contributed by atoms with van der Waals surface area (Å²) in [7, 11) is 3.39. The first kappa shape index (κ1) is 18.0. The van der Waals surface area contributed by atoms with Crippen LogP contribution >= 0.6 is 0 Å². The van der Waals surface area contributed by atoms with Crippen LogP contribution in [-0.2, 0) is 11.3 Å². The Morgan fingerprint density at radius 2 is 2.08 bits per heavy atom. The smallest absolute Gasteiger partial charge is 0.222 e. The van der Waals surface area contributed by atoms with E-state index < -0.39 is 0 Å². The molecule has 2 aliphatic heterocycles. The van der Waals surface area contributed by atoms with E-state index in [0.717, 1.165) is 49.5 Å². The Morgan fingerprint density at radius 1 is 1.24 bits per heavy atom. The van der Waals surface area contributed by atoms with E-state index in [1.54, 1.807) is 14.2 Å². The average Bonchev–Trinajstić information content (AvgIpc) is 2.64. The number of hydrogen-bond acceptors (Lipinski definition) is 5. The summed E-state index contributed by atoms with van der Waals surface area (Å²) in [6.45, 7) is 4.06. The number of piperidine rings is 2. The van der Waals surface area contributed by atoms with Crippen molar-refractivity contribution in [3.05, 3.63) is 23.8 Å². The second-order valence-electron chi connectivity index (χ2n) is 6.94. The summed E-state index contributed by atoms with van der Waals surface area (Å²) in [4.78, 5) is 16.7. The fraction of sp³-hybridized carbons (Fsp3) is 0.632. The van der Waals surface area contributed by atoms with Crippen LogP contribution in [0.1, 0.15) is 24.8 Å². The van der Waals surface area contributed by atoms with E-state index in [2.05, 4.69) is 11.0 Å². The molecule has 25 heavy (non-hydrogen) atoms. The number of methoxy groups -OCH3 is 2. The molecule has 0 unspecified atom stereocenters. The molecule has 2 atom stereocenters. The Balaban J connectivity index is 1.68. The third-order valence-electron chi connectivity index (χ3n) is 5.48. The van der Waals surface area contributed by atoms with E-state index in [1.165, 1.54) is 0 Å². The van der Waals surface area contributed by atoms with Crippen molar-refractivity contribution in [2.45, 2.75) is 31.8 Å². The number of amides is 1. The second kappa shape index (κ2) is 8.06. The Kier molecular flexibility index (Phi) is 5.81. The van der Waals surface area contributed by atoms with E-state index in [9.17, 15) is 4.79 Å². The molecule has 0 bridgehead atoms. The minimum atomic E-state index is 0.273. The fourth-order valence-corrected chi connectivity index (χ4v) is 4.25. The van der Waals surface area contributed by atoms with Crippen LogP contribution in [-0.4, -0.2) is 62.1 Å². The fourth-order valence-electron chi connectivity index (χ4n) is 4.25. The van der Waals surface area contributed by atoms with Gasteiger partial charge in [-0.2, -0.15) is 0 Å². The number of benzene rings is 1. The predicted octanol–water partition coefficient (Wildman–Crippen LogP) is 1.48. The Bertz CT molecular complexity index is 608. The van der Waals surface area contributed by atoms with Gasteiger partial charge in [-0.15, -0.1) is 0 Å². The highest BCUT2D eigenvalue weighted by Crippen LogP contribution is 2.33. The Morgan fingerprint density at radius 3 is 2.80 bits per heavy atom. The van der Waals surface area contributed by atoms with Crippen molar-refractivity contribution in [3.63, 3.8) is 0 Å². The number of nitrogens with two attached hydrogens (primary N) is 1. The summed E-state index contributed by atoms with van der Waals surface area (Å²) < 4.78 is 10.9. The minimum absolute atomic E-state index is 0.273. The molecule has 1 aromatic rings. The molecule has 0 aromatic heterocycles. The van der Waals surface area contributed by atoms with Crippen molar-refractivity contribution in [2.24, 2.45) is 11.7 Å². The molecule has 0 spiro atoms. The third-order valence-corrected chi connectivity index (χ3v) is 5.48. The number of hydrogen-bond donors (Lipinski definition) is 1. The van der Waals surface area contributed by atoms with Gasteiger partial charge in [-0.3, -0.25) is 9.69 Å². The molecule has 6 nitrogen and oxygen atoms in total. The number of fused-ring (bicyclic) bond motifs is 1. The average molecular weight is 347 g/mol. The van der Waals surface area contributed by atoms with Crippen LogP contribution in [0.15, 0.2) is 18.2 Å². The summed E-state index contributed by atoms with van der Waals surface area (Å²) in [5.74, 6) is 2.55. The first-order chi connectivity index (χ1) is 12.2. The van der Waals surface area contributed by atoms with Gasteiger partial charge in [0.05, 0.1) is 14.2 Å². The van der Waals surface area contributed by atoms with Crippen molar-refractivity contribution < 1.29 is 14.3 Å². The lowest BCUT2D eigenvalue weighted by molar-refractivity contribution is -0.141. The van der Waals surface area contributed by atoms with Crippen molar-refractivity contribution >= 4 is 5.91 Å². The molecule has 2 saturated heterocycles. The van der Waals surface area contributed by atoms with Gasteiger partial charge in [0.2, 0.25) is 5.91 Å². The monoisotopic (exact) mass is 347 g/mol. The molecule has 2 N–H and O–H groups in total. The first-order valence-electron chi connectivity index (χ1n) is 9.09. The van der Waals surface area contributed by atoms with Crippen LogP contribution in [0.5, 0.6) is 11.5 Å². The maximum Gasteiger partial charge on any atom is 0.222 e. The maximum absolute atomic E-state index is 12.2. The Labute approximate surface area is 149 Å². The molecular weight excluding hydrogens is 318 g/mol. The van der Waals surface area contributed by atoms with Gasteiger partial charge < -0.3 is 20.1 Å². The maximum atomic E-state index is 12.2. The van der Waals surface area contributed by atoms with Gasteiger partial charge in [-0.25, -0.2) is 0 Å². The third kappa shape index (κ3) is 3.90. The van der Waals surface area contributed by atoms with Gasteiger partial charge in [-0.05, 0) is 37.0 Å². The van der Waals surface area contributed by atoms with Gasteiger partial charge in [0.15, 0.2) is 0 Å². The zero-order chi connectivity index (χ0) is 17.8. The highest BCUT2D eigenvalue weighted by Gasteiger charge is 2.38. The number of carbonyl (C=O) groups excluding carboxylic acids is 1. The molecule has 138 valence electrons. The van der Waals surface area contributed by atoms with Crippen LogP contribution in [0.4, 0.5) is 0 Å². The van der Waals surface area contributed by atoms with E-state index in [1.807, 2.05) is 17.0 Å². The minimum Gasteiger partial charge on any atom is -0.497 e. The van der Waals surface area contributed by atoms with Crippen LogP contribution < -0.4 is 15.2 Å². The number of likely N-dealkylation sites (tertiary alicyclic amines) is 2. The molecule has 2 heterocycles. The van der Waals surface area contributed by atoms with Crippen LogP contribution in [0.3, 0.4) is 0 Å². The summed E-state index contributed by atoms with van der Waals surface area (Å²) in [6, 6.07) is 6.29. The summed E-state index contributed by atoms with van der Waals surface area (Å²) in [5.41, 5.74) is 6.85. The standard InChI is InChI=1S/C19H29N3O3/c1-24-16-4-5-18(25-2)15(11-16)13-21-9-7-17-14(12-21)3-6-19(23)22(17)10-8-20/h4-5,11,14,17H,3,6-10,12-13,20H2,1-2H3/t14-,17+/m0/s1. The van der Waals surface area contributed by atoms with Crippen molar-refractivity contribution in [3.8, 4) is 11.5 Å². The predicted molar refractivity (Wildman–Crippen MR) is 96.7 cm³/mol. The largest absolute Gasteiger partial charge is 0.497 e. The number of carbonyl (C=O) groups is 1. The van der Waals surface area contributed by atoms with Crippen LogP contribution in [0.2, 0.25) is 0 Å². The number of ether oxygens (including phenoxy) is 2. The van der Waals surface area contributed by atoms with Crippen molar-refractivity contribution in [1.82, 2.24) is 9.80 Å². The SMILES string of the molecule is COc1ccc(OC)c(CN2CC[C@@H]3[C@@H](CCC(=O)N3CCN)C2)c1. The van der Waals surface area contributed by atoms with Crippen LogP contribution in [0, 0.1) is 5.92 Å². The molecular formula is C19H29N3O3. The normalized spacial score (nSPS) is 24.1. The highest BCUT2D eigenvalue weighted by atomic mass is 16.5. The topological polar surface area (TPSA) is 68.0 Å². The quantitative estimate of drug-likeness (QED) is 0.844. The molecule has 2 fully saturated rings. The van der Waals surface area contributed by atoms with E-state index >= 15 is 0 Å². The highest BCUT2D eigenvalue weighted by molar-refractivity contribution is 5.77. The lowest BCUT2D eigenvalue weighted by Gasteiger charge is -2.47. The van der Waals surface area contributed by atoms with Gasteiger partial charge in [0.25, 0.3) is 0 Å². The molecule has 1 aromatic carbocycles. The van der Waals surface area contributed by atoms with Crippen LogP contribution in [0.25, 0.3) is 0 Å². The molecule has 1 amide bonds. The molecule has 6 heteroatoms. The van der Waals surface area contributed by atoms with E-state index in [0.29, 0.717) is 31.5 Å². The lowest BCUT2D eigenvalue weighted by Crippen LogP contribution is -2.56. The van der Waals surface area contributed by atoms with E-state index in [-0.39, 0.29) is 5.91 Å². The van der Waals surface area contributed by atoms with Gasteiger partial charge in [-0.1, -0.05) is 0 Å². The second-order valence-corrected chi connectivity index (χ2v) is 6.94. The summed E-state index contributed by atoms with van der Waals surface area (Å²) >= 11 is 0. The van der Waals surface area contributed by atoms with E-state index in [4.69, 9.17) is 15.2 Å². The Hall–Kier alpha value is -1.79. The molecule has 0 saturated carbocycles. The van der Waals surface area contributed by atoms with Crippen molar-refractivity contribution in [2.75, 3.05) is 40.4 Å². The van der Waals surface area contributed by atoms with Gasteiger partial charge >= 0.3 is 0 Å². The zero-order valence-electron chi connectivity index (χ0n) is 15.2. The molecule has 2 aliphatic rings. The molecule has 0 radical (unpaired) electrons.